The SMILES string of the molecule is CSCCOC(=O)COc1ccc(/C=N/NC(=O)CSCc2cccc(Br)c2)cc1. The number of halogens is 1. The Morgan fingerprint density at radius 2 is 2.00 bits per heavy atom. The van der Waals surface area contributed by atoms with E-state index in [9.17, 15) is 9.59 Å². The van der Waals surface area contributed by atoms with Crippen molar-refractivity contribution >= 4 is 57.5 Å². The molecule has 2 aromatic carbocycles. The fraction of sp³-hybridized carbons (Fsp3) is 0.286. The molecule has 0 unspecified atom stereocenters. The van der Waals surface area contributed by atoms with Crippen molar-refractivity contribution in [1.82, 2.24) is 5.43 Å². The molecule has 0 atom stereocenters. The number of amides is 1. The molecule has 0 saturated heterocycles. The number of benzene rings is 2. The molecule has 0 spiro atoms. The molecule has 0 aromatic heterocycles. The number of hydrogen-bond donors (Lipinski definition) is 1. The van der Waals surface area contributed by atoms with Gasteiger partial charge in [-0.2, -0.15) is 16.9 Å². The summed E-state index contributed by atoms with van der Waals surface area (Å²) in [4.78, 5) is 23.4. The van der Waals surface area contributed by atoms with Gasteiger partial charge in [0, 0.05) is 16.0 Å². The van der Waals surface area contributed by atoms with E-state index in [1.807, 2.05) is 30.5 Å². The van der Waals surface area contributed by atoms with Crippen LogP contribution >= 0.6 is 39.5 Å². The number of ether oxygens (including phenoxy) is 2. The quantitative estimate of drug-likeness (QED) is 0.200. The van der Waals surface area contributed by atoms with E-state index >= 15 is 0 Å². The first-order valence-electron chi connectivity index (χ1n) is 9.08. The van der Waals surface area contributed by atoms with Gasteiger partial charge in [0.15, 0.2) is 6.61 Å². The zero-order valence-corrected chi connectivity index (χ0v) is 19.7. The third-order valence-corrected chi connectivity index (χ3v) is 5.65. The standard InChI is InChI=1S/C21H23BrN2O4S2/c1-29-10-9-27-21(26)13-28-19-7-5-16(6-8-19)12-23-24-20(25)15-30-14-17-3-2-4-18(22)11-17/h2-8,11-12H,9-10,13-15H2,1H3,(H,24,25)/b23-12+. The van der Waals surface area contributed by atoms with E-state index in [-0.39, 0.29) is 12.5 Å². The number of carbonyl (C=O) groups excluding carboxylic acids is 2. The Morgan fingerprint density at radius 3 is 2.73 bits per heavy atom. The summed E-state index contributed by atoms with van der Waals surface area (Å²) in [5.41, 5.74) is 4.47. The Hall–Kier alpha value is -1.97. The minimum atomic E-state index is -0.393. The second-order valence-corrected chi connectivity index (χ2v) is 8.87. The Kier molecular flexibility index (Phi) is 11.4. The third kappa shape index (κ3) is 10.2. The van der Waals surface area contributed by atoms with Crippen molar-refractivity contribution in [3.8, 4) is 5.75 Å². The minimum Gasteiger partial charge on any atom is -0.482 e. The van der Waals surface area contributed by atoms with Gasteiger partial charge in [0.25, 0.3) is 0 Å². The maximum absolute atomic E-state index is 11.9. The van der Waals surface area contributed by atoms with Gasteiger partial charge in [-0.1, -0.05) is 28.1 Å². The molecule has 1 N–H and O–H groups in total. The summed E-state index contributed by atoms with van der Waals surface area (Å²) in [5.74, 6) is 1.84. The van der Waals surface area contributed by atoms with Gasteiger partial charge in [-0.25, -0.2) is 10.2 Å². The third-order valence-electron chi connectivity index (χ3n) is 3.58. The van der Waals surface area contributed by atoms with Crippen LogP contribution in [0.1, 0.15) is 11.1 Å². The number of esters is 1. The van der Waals surface area contributed by atoms with Gasteiger partial charge in [-0.05, 0) is 53.8 Å². The largest absolute Gasteiger partial charge is 0.482 e. The van der Waals surface area contributed by atoms with Crippen molar-refractivity contribution in [2.75, 3.05) is 31.0 Å². The van der Waals surface area contributed by atoms with E-state index in [1.165, 1.54) is 11.8 Å². The van der Waals surface area contributed by atoms with Gasteiger partial charge in [-0.3, -0.25) is 4.79 Å². The average molecular weight is 511 g/mol. The van der Waals surface area contributed by atoms with Crippen molar-refractivity contribution in [2.45, 2.75) is 5.75 Å². The van der Waals surface area contributed by atoms with Crippen molar-refractivity contribution in [1.29, 1.82) is 0 Å². The van der Waals surface area contributed by atoms with E-state index in [1.54, 1.807) is 42.2 Å². The van der Waals surface area contributed by atoms with Crippen molar-refractivity contribution in [2.24, 2.45) is 5.10 Å². The van der Waals surface area contributed by atoms with Gasteiger partial charge < -0.3 is 9.47 Å². The van der Waals surface area contributed by atoms with E-state index in [0.29, 0.717) is 18.1 Å². The summed E-state index contributed by atoms with van der Waals surface area (Å²) >= 11 is 6.57. The summed E-state index contributed by atoms with van der Waals surface area (Å²) < 4.78 is 11.4. The summed E-state index contributed by atoms with van der Waals surface area (Å²) in [6.45, 7) is 0.252. The zero-order valence-electron chi connectivity index (χ0n) is 16.5. The maximum Gasteiger partial charge on any atom is 0.344 e. The molecule has 0 radical (unpaired) electrons. The molecule has 0 fully saturated rings. The number of carbonyl (C=O) groups is 2. The van der Waals surface area contributed by atoms with Crippen LogP contribution in [-0.4, -0.2) is 49.1 Å². The van der Waals surface area contributed by atoms with Gasteiger partial charge in [0.2, 0.25) is 5.91 Å². The topological polar surface area (TPSA) is 77.0 Å². The second-order valence-electron chi connectivity index (χ2n) is 5.99. The lowest BCUT2D eigenvalue weighted by atomic mass is 10.2. The normalized spacial score (nSPS) is 10.7. The lowest BCUT2D eigenvalue weighted by Gasteiger charge is -2.06. The summed E-state index contributed by atoms with van der Waals surface area (Å²) in [5, 5.41) is 3.96. The number of nitrogens with one attached hydrogen (secondary N) is 1. The molecule has 0 heterocycles. The van der Waals surface area contributed by atoms with Crippen molar-refractivity contribution in [3.05, 3.63) is 64.1 Å². The summed E-state index contributed by atoms with van der Waals surface area (Å²) in [7, 11) is 0. The molecule has 0 bridgehead atoms. The molecule has 0 aliphatic rings. The highest BCUT2D eigenvalue weighted by Crippen LogP contribution is 2.17. The molecule has 2 rings (SSSR count). The Morgan fingerprint density at radius 1 is 1.20 bits per heavy atom. The van der Waals surface area contributed by atoms with E-state index < -0.39 is 5.97 Å². The molecule has 0 aliphatic carbocycles. The van der Waals surface area contributed by atoms with Crippen LogP contribution in [0, 0.1) is 0 Å². The number of hydrazone groups is 1. The van der Waals surface area contributed by atoms with E-state index in [0.717, 1.165) is 27.1 Å². The van der Waals surface area contributed by atoms with E-state index in [2.05, 4.69) is 26.5 Å². The zero-order chi connectivity index (χ0) is 21.6. The highest BCUT2D eigenvalue weighted by molar-refractivity contribution is 9.10. The lowest BCUT2D eigenvalue weighted by molar-refractivity contribution is -0.145. The highest BCUT2D eigenvalue weighted by Gasteiger charge is 2.04. The monoisotopic (exact) mass is 510 g/mol. The average Bonchev–Trinajstić information content (AvgIpc) is 2.73. The molecule has 1 amide bonds. The first-order chi connectivity index (χ1) is 14.6. The van der Waals surface area contributed by atoms with Gasteiger partial charge in [-0.15, -0.1) is 11.8 Å². The molecule has 2 aromatic rings. The molecule has 0 aliphatic heterocycles. The first-order valence-corrected chi connectivity index (χ1v) is 12.4. The van der Waals surface area contributed by atoms with Crippen LogP contribution in [0.2, 0.25) is 0 Å². The number of thioether (sulfide) groups is 2. The molecule has 160 valence electrons. The minimum absolute atomic E-state index is 0.129. The van der Waals surface area contributed by atoms with Crippen LogP contribution < -0.4 is 10.2 Å². The lowest BCUT2D eigenvalue weighted by Crippen LogP contribution is -2.19. The Labute approximate surface area is 193 Å². The maximum atomic E-state index is 11.9. The van der Waals surface area contributed by atoms with Crippen molar-refractivity contribution in [3.63, 3.8) is 0 Å². The fourth-order valence-corrected chi connectivity index (χ4v) is 3.64. The smallest absolute Gasteiger partial charge is 0.344 e. The molecule has 30 heavy (non-hydrogen) atoms. The summed E-state index contributed by atoms with van der Waals surface area (Å²) in [6, 6.07) is 15.0. The Bertz CT molecular complexity index is 847. The predicted octanol–water partition coefficient (Wildman–Crippen LogP) is 4.12. The first kappa shape index (κ1) is 24.3. The Balaban J connectivity index is 1.65. The van der Waals surface area contributed by atoms with Gasteiger partial charge >= 0.3 is 5.97 Å². The van der Waals surface area contributed by atoms with Crippen LogP contribution in [0.3, 0.4) is 0 Å². The van der Waals surface area contributed by atoms with Crippen molar-refractivity contribution < 1.29 is 19.1 Å². The van der Waals surface area contributed by atoms with E-state index in [4.69, 9.17) is 9.47 Å². The molecule has 0 saturated carbocycles. The highest BCUT2D eigenvalue weighted by atomic mass is 79.9. The van der Waals surface area contributed by atoms with Crippen LogP contribution in [0.25, 0.3) is 0 Å². The predicted molar refractivity (Wildman–Crippen MR) is 127 cm³/mol. The molecular weight excluding hydrogens is 488 g/mol. The fourth-order valence-electron chi connectivity index (χ4n) is 2.17. The van der Waals surface area contributed by atoms with Crippen LogP contribution in [-0.2, 0) is 20.1 Å². The molecule has 6 nitrogen and oxygen atoms in total. The van der Waals surface area contributed by atoms with Crippen LogP contribution in [0.15, 0.2) is 58.1 Å². The summed E-state index contributed by atoms with van der Waals surface area (Å²) in [6.07, 6.45) is 3.50. The molecular formula is C21H23BrN2O4S2. The van der Waals surface area contributed by atoms with Crippen LogP contribution in [0.4, 0.5) is 0 Å². The van der Waals surface area contributed by atoms with Gasteiger partial charge in [0.1, 0.15) is 12.4 Å². The second kappa shape index (κ2) is 14.1. The number of hydrogen-bond acceptors (Lipinski definition) is 7. The molecule has 9 heteroatoms. The number of nitrogens with zero attached hydrogens (tertiary/aromatic N) is 1. The van der Waals surface area contributed by atoms with Crippen LogP contribution in [0.5, 0.6) is 5.75 Å². The van der Waals surface area contributed by atoms with Gasteiger partial charge in [0.05, 0.1) is 12.0 Å². The number of rotatable bonds is 12.